The lowest BCUT2D eigenvalue weighted by atomic mass is 10.1. The standard InChI is InChI=1S/C22H22Br2N2O7/c1-5-11(2)32-19-16(30-3)9-12(17(23)18(19)24)8-14-20(27)26(22(29)25-14)10-13-6-7-15(33-13)21(28)31-4/h6-9,11H,5,10H2,1-4H3,(H,25,29)/b14-8-/t11-/m0/s1. The first-order valence-electron chi connectivity index (χ1n) is 9.94. The maximum Gasteiger partial charge on any atom is 0.373 e. The van der Waals surface area contributed by atoms with Gasteiger partial charge in [0.25, 0.3) is 5.91 Å². The molecule has 3 rings (SSSR count). The number of nitrogens with one attached hydrogen (secondary N) is 1. The van der Waals surface area contributed by atoms with Gasteiger partial charge in [0.2, 0.25) is 5.76 Å². The molecule has 0 bridgehead atoms. The zero-order chi connectivity index (χ0) is 24.3. The van der Waals surface area contributed by atoms with E-state index in [0.29, 0.717) is 26.0 Å². The van der Waals surface area contributed by atoms with Crippen LogP contribution in [0.25, 0.3) is 6.08 Å². The van der Waals surface area contributed by atoms with Crippen LogP contribution in [0.1, 0.15) is 42.1 Å². The van der Waals surface area contributed by atoms with E-state index in [1.54, 1.807) is 6.07 Å². The van der Waals surface area contributed by atoms with Crippen LogP contribution < -0.4 is 14.8 Å². The van der Waals surface area contributed by atoms with Crippen molar-refractivity contribution in [2.45, 2.75) is 32.9 Å². The van der Waals surface area contributed by atoms with Crippen molar-refractivity contribution < 1.29 is 33.0 Å². The number of benzene rings is 1. The average Bonchev–Trinajstić information content (AvgIpc) is 3.38. The topological polar surface area (TPSA) is 107 Å². The minimum absolute atomic E-state index is 0.0177. The van der Waals surface area contributed by atoms with Crippen LogP contribution in [-0.2, 0) is 16.1 Å². The molecule has 33 heavy (non-hydrogen) atoms. The smallest absolute Gasteiger partial charge is 0.373 e. The predicted molar refractivity (Wildman–Crippen MR) is 126 cm³/mol. The van der Waals surface area contributed by atoms with Crippen LogP contribution in [0.4, 0.5) is 4.79 Å². The summed E-state index contributed by atoms with van der Waals surface area (Å²) in [5.41, 5.74) is 0.664. The molecular formula is C22H22Br2N2O7. The third-order valence-electron chi connectivity index (χ3n) is 4.89. The number of nitrogens with zero attached hydrogens (tertiary/aromatic N) is 1. The van der Waals surface area contributed by atoms with E-state index in [1.165, 1.54) is 32.4 Å². The number of carbonyl (C=O) groups is 3. The van der Waals surface area contributed by atoms with Crippen LogP contribution >= 0.6 is 31.9 Å². The molecule has 0 radical (unpaired) electrons. The Morgan fingerprint density at radius 2 is 1.97 bits per heavy atom. The number of methoxy groups -OCH3 is 2. The minimum atomic E-state index is -0.649. The summed E-state index contributed by atoms with van der Waals surface area (Å²) in [7, 11) is 2.75. The van der Waals surface area contributed by atoms with E-state index < -0.39 is 17.9 Å². The molecule has 1 atom stereocenters. The number of esters is 1. The number of amides is 3. The third kappa shape index (κ3) is 5.25. The molecular weight excluding hydrogens is 564 g/mol. The normalized spacial score (nSPS) is 15.6. The second-order valence-electron chi connectivity index (χ2n) is 7.10. The highest BCUT2D eigenvalue weighted by Crippen LogP contribution is 2.44. The quantitative estimate of drug-likeness (QED) is 0.267. The minimum Gasteiger partial charge on any atom is -0.493 e. The molecule has 1 fully saturated rings. The summed E-state index contributed by atoms with van der Waals surface area (Å²) in [6.45, 7) is 3.82. The Kier molecular flexibility index (Phi) is 7.85. The van der Waals surface area contributed by atoms with Crippen LogP contribution in [0.5, 0.6) is 11.5 Å². The van der Waals surface area contributed by atoms with Gasteiger partial charge in [-0.2, -0.15) is 0 Å². The Bertz CT molecular complexity index is 1130. The van der Waals surface area contributed by atoms with Crippen LogP contribution in [0, 0.1) is 0 Å². The zero-order valence-electron chi connectivity index (χ0n) is 18.4. The summed E-state index contributed by atoms with van der Waals surface area (Å²) in [5.74, 6) is 0.0515. The van der Waals surface area contributed by atoms with Gasteiger partial charge in [-0.1, -0.05) is 6.92 Å². The molecule has 11 heteroatoms. The van der Waals surface area contributed by atoms with E-state index in [1.807, 2.05) is 13.8 Å². The van der Waals surface area contributed by atoms with Gasteiger partial charge in [0, 0.05) is 4.47 Å². The molecule has 0 unspecified atom stereocenters. The number of ether oxygens (including phenoxy) is 3. The van der Waals surface area contributed by atoms with Crippen LogP contribution in [0.3, 0.4) is 0 Å². The molecule has 1 N–H and O–H groups in total. The highest BCUT2D eigenvalue weighted by molar-refractivity contribution is 9.13. The molecule has 1 aromatic carbocycles. The van der Waals surface area contributed by atoms with Crippen molar-refractivity contribution in [3.05, 3.63) is 49.9 Å². The fourth-order valence-electron chi connectivity index (χ4n) is 2.96. The van der Waals surface area contributed by atoms with Gasteiger partial charge in [0.1, 0.15) is 11.5 Å². The van der Waals surface area contributed by atoms with E-state index >= 15 is 0 Å². The van der Waals surface area contributed by atoms with E-state index in [0.717, 1.165) is 11.3 Å². The van der Waals surface area contributed by atoms with Crippen molar-refractivity contribution in [2.75, 3.05) is 14.2 Å². The number of urea groups is 1. The molecule has 1 aromatic heterocycles. The lowest BCUT2D eigenvalue weighted by Crippen LogP contribution is -2.30. The monoisotopic (exact) mass is 584 g/mol. The van der Waals surface area contributed by atoms with Crippen molar-refractivity contribution in [1.29, 1.82) is 0 Å². The number of hydrogen-bond donors (Lipinski definition) is 1. The molecule has 0 aliphatic carbocycles. The third-order valence-corrected chi connectivity index (χ3v) is 7.04. The summed E-state index contributed by atoms with van der Waals surface area (Å²) < 4.78 is 22.6. The molecule has 1 saturated heterocycles. The lowest BCUT2D eigenvalue weighted by Gasteiger charge is -2.19. The van der Waals surface area contributed by atoms with Gasteiger partial charge in [-0.25, -0.2) is 9.59 Å². The van der Waals surface area contributed by atoms with Crippen LogP contribution in [0.15, 0.2) is 37.3 Å². The Morgan fingerprint density at radius 1 is 1.24 bits per heavy atom. The zero-order valence-corrected chi connectivity index (χ0v) is 21.5. The largest absolute Gasteiger partial charge is 0.493 e. The highest BCUT2D eigenvalue weighted by atomic mass is 79.9. The maximum atomic E-state index is 12.9. The van der Waals surface area contributed by atoms with Crippen LogP contribution in [-0.4, -0.2) is 43.1 Å². The predicted octanol–water partition coefficient (Wildman–Crippen LogP) is 4.87. The summed E-state index contributed by atoms with van der Waals surface area (Å²) >= 11 is 7.04. The fraction of sp³-hybridized carbons (Fsp3) is 0.318. The first-order chi connectivity index (χ1) is 15.7. The number of imide groups is 1. The Balaban J connectivity index is 1.87. The molecule has 1 aliphatic rings. The second-order valence-corrected chi connectivity index (χ2v) is 8.68. The van der Waals surface area contributed by atoms with Gasteiger partial charge in [0.15, 0.2) is 11.5 Å². The number of hydrogen-bond acceptors (Lipinski definition) is 7. The number of rotatable bonds is 8. The first kappa shape index (κ1) is 24.8. The van der Waals surface area contributed by atoms with Gasteiger partial charge >= 0.3 is 12.0 Å². The first-order valence-corrected chi connectivity index (χ1v) is 11.5. The Labute approximate surface area is 207 Å². The van der Waals surface area contributed by atoms with Gasteiger partial charge < -0.3 is 23.9 Å². The maximum absolute atomic E-state index is 12.9. The lowest BCUT2D eigenvalue weighted by molar-refractivity contribution is -0.123. The van der Waals surface area contributed by atoms with Gasteiger partial charge in [0.05, 0.1) is 31.3 Å². The van der Waals surface area contributed by atoms with Crippen molar-refractivity contribution in [3.8, 4) is 11.5 Å². The average molecular weight is 586 g/mol. The molecule has 0 spiro atoms. The number of furan rings is 1. The van der Waals surface area contributed by atoms with Crippen LogP contribution in [0.2, 0.25) is 0 Å². The van der Waals surface area contributed by atoms with Crippen molar-refractivity contribution in [1.82, 2.24) is 10.2 Å². The molecule has 9 nitrogen and oxygen atoms in total. The van der Waals surface area contributed by atoms with E-state index in [9.17, 15) is 14.4 Å². The van der Waals surface area contributed by atoms with E-state index in [2.05, 4.69) is 41.9 Å². The molecule has 0 saturated carbocycles. The summed E-state index contributed by atoms with van der Waals surface area (Å²) in [4.78, 5) is 37.8. The van der Waals surface area contributed by atoms with E-state index in [-0.39, 0.29) is 29.9 Å². The number of carbonyl (C=O) groups excluding carboxylic acids is 3. The Hall–Kier alpha value is -2.79. The summed E-state index contributed by atoms with van der Waals surface area (Å²) in [6, 6.07) is 4.02. The summed E-state index contributed by atoms with van der Waals surface area (Å²) in [6.07, 6.45) is 2.32. The molecule has 3 amide bonds. The van der Waals surface area contributed by atoms with Crippen molar-refractivity contribution in [2.24, 2.45) is 0 Å². The van der Waals surface area contributed by atoms with Gasteiger partial charge in [-0.3, -0.25) is 9.69 Å². The van der Waals surface area contributed by atoms with Crippen molar-refractivity contribution in [3.63, 3.8) is 0 Å². The van der Waals surface area contributed by atoms with E-state index in [4.69, 9.17) is 13.9 Å². The van der Waals surface area contributed by atoms with Crippen molar-refractivity contribution >= 4 is 55.8 Å². The highest BCUT2D eigenvalue weighted by Gasteiger charge is 2.35. The molecule has 2 aromatic rings. The number of halogens is 2. The SMILES string of the molecule is CC[C@H](C)Oc1c(OC)cc(/C=C2\NC(=O)N(Cc3ccc(C(=O)OC)o3)C2=O)c(Br)c1Br. The molecule has 2 heterocycles. The van der Waals surface area contributed by atoms with Gasteiger partial charge in [-0.15, -0.1) is 0 Å². The Morgan fingerprint density at radius 3 is 2.61 bits per heavy atom. The molecule has 176 valence electrons. The molecule has 1 aliphatic heterocycles. The fourth-order valence-corrected chi connectivity index (χ4v) is 3.88. The summed E-state index contributed by atoms with van der Waals surface area (Å²) in [5, 5.41) is 2.56. The van der Waals surface area contributed by atoms with Gasteiger partial charge in [-0.05, 0) is 75.0 Å². The second kappa shape index (κ2) is 10.4.